The Kier molecular flexibility index (Phi) is 3.49. The molecule has 0 spiro atoms. The Morgan fingerprint density at radius 2 is 1.35 bits per heavy atom. The van der Waals surface area contributed by atoms with Crippen molar-refractivity contribution in [2.45, 2.75) is 0 Å². The summed E-state index contributed by atoms with van der Waals surface area (Å²) in [7, 11) is 0. The summed E-state index contributed by atoms with van der Waals surface area (Å²) in [6, 6.07) is 29.1. The van der Waals surface area contributed by atoms with E-state index in [9.17, 15) is 0 Å². The number of benzene rings is 3. The van der Waals surface area contributed by atoms with Crippen molar-refractivity contribution in [3.8, 4) is 11.1 Å². The minimum atomic E-state index is 0.848. The average molecular weight is 296 g/mol. The molecule has 4 rings (SSSR count). The van der Waals surface area contributed by atoms with E-state index in [2.05, 4.69) is 58.8 Å². The van der Waals surface area contributed by atoms with E-state index in [-0.39, 0.29) is 0 Å². The summed E-state index contributed by atoms with van der Waals surface area (Å²) in [5.41, 5.74) is 3.34. The standard InChI is InChI=1S/C21H16N2/c1-2-8-20(9-3-1)23-21-13-12-19(15-22-21)18-11-10-16-6-4-5-7-17(16)14-18/h1-15H,(H,22,23). The van der Waals surface area contributed by atoms with Crippen LogP contribution in [-0.2, 0) is 0 Å². The molecule has 1 N–H and O–H groups in total. The van der Waals surface area contributed by atoms with Gasteiger partial charge < -0.3 is 5.32 Å². The smallest absolute Gasteiger partial charge is 0.130 e. The summed E-state index contributed by atoms with van der Waals surface area (Å²) < 4.78 is 0. The molecule has 0 aliphatic heterocycles. The summed E-state index contributed by atoms with van der Waals surface area (Å²) in [6.45, 7) is 0. The zero-order valence-corrected chi connectivity index (χ0v) is 12.6. The van der Waals surface area contributed by atoms with E-state index in [1.165, 1.54) is 16.3 Å². The number of hydrogen-bond acceptors (Lipinski definition) is 2. The molecular weight excluding hydrogens is 280 g/mol. The molecule has 4 aromatic rings. The Labute approximate surface area is 135 Å². The maximum Gasteiger partial charge on any atom is 0.130 e. The third-order valence-electron chi connectivity index (χ3n) is 3.89. The fourth-order valence-corrected chi connectivity index (χ4v) is 2.68. The molecule has 0 bridgehead atoms. The molecule has 0 unspecified atom stereocenters. The molecule has 2 nitrogen and oxygen atoms in total. The van der Waals surface area contributed by atoms with Gasteiger partial charge in [-0.2, -0.15) is 0 Å². The number of aromatic nitrogens is 1. The quantitative estimate of drug-likeness (QED) is 0.528. The Balaban J connectivity index is 1.61. The number of hydrogen-bond donors (Lipinski definition) is 1. The summed E-state index contributed by atoms with van der Waals surface area (Å²) in [5.74, 6) is 0.848. The van der Waals surface area contributed by atoms with Gasteiger partial charge in [-0.25, -0.2) is 4.98 Å². The molecule has 1 aromatic heterocycles. The van der Waals surface area contributed by atoms with Gasteiger partial charge in [0.25, 0.3) is 0 Å². The predicted molar refractivity (Wildman–Crippen MR) is 96.9 cm³/mol. The van der Waals surface area contributed by atoms with Crippen molar-refractivity contribution in [3.63, 3.8) is 0 Å². The minimum absolute atomic E-state index is 0.848. The number of nitrogens with one attached hydrogen (secondary N) is 1. The van der Waals surface area contributed by atoms with Crippen LogP contribution in [-0.4, -0.2) is 4.98 Å². The highest BCUT2D eigenvalue weighted by molar-refractivity contribution is 5.87. The zero-order valence-electron chi connectivity index (χ0n) is 12.6. The molecule has 2 heteroatoms. The van der Waals surface area contributed by atoms with E-state index in [0.29, 0.717) is 0 Å². The molecular formula is C21H16N2. The lowest BCUT2D eigenvalue weighted by atomic mass is 10.0. The largest absolute Gasteiger partial charge is 0.340 e. The van der Waals surface area contributed by atoms with E-state index in [0.717, 1.165) is 17.1 Å². The molecule has 23 heavy (non-hydrogen) atoms. The number of para-hydroxylation sites is 1. The molecule has 0 atom stereocenters. The van der Waals surface area contributed by atoms with Gasteiger partial charge in [0.15, 0.2) is 0 Å². The van der Waals surface area contributed by atoms with Crippen molar-refractivity contribution in [1.29, 1.82) is 0 Å². The summed E-state index contributed by atoms with van der Waals surface area (Å²) in [5, 5.41) is 5.80. The highest BCUT2D eigenvalue weighted by atomic mass is 15.0. The van der Waals surface area contributed by atoms with E-state index in [4.69, 9.17) is 0 Å². The van der Waals surface area contributed by atoms with Crippen molar-refractivity contribution < 1.29 is 0 Å². The number of nitrogens with zero attached hydrogens (tertiary/aromatic N) is 1. The molecule has 0 radical (unpaired) electrons. The third-order valence-corrected chi connectivity index (χ3v) is 3.89. The number of rotatable bonds is 3. The van der Waals surface area contributed by atoms with Crippen molar-refractivity contribution in [1.82, 2.24) is 4.98 Å². The molecule has 110 valence electrons. The van der Waals surface area contributed by atoms with Crippen LogP contribution in [0.4, 0.5) is 11.5 Å². The SMILES string of the molecule is c1ccc(Nc2ccc(-c3ccc4ccccc4c3)cn2)cc1. The number of pyridine rings is 1. The van der Waals surface area contributed by atoms with Crippen LogP contribution in [0.25, 0.3) is 21.9 Å². The van der Waals surface area contributed by atoms with Crippen molar-refractivity contribution in [2.75, 3.05) is 5.32 Å². The van der Waals surface area contributed by atoms with Gasteiger partial charge >= 0.3 is 0 Å². The second-order valence-electron chi connectivity index (χ2n) is 5.49. The first-order chi connectivity index (χ1) is 11.4. The fraction of sp³-hybridized carbons (Fsp3) is 0. The lowest BCUT2D eigenvalue weighted by molar-refractivity contribution is 1.31. The zero-order chi connectivity index (χ0) is 15.5. The van der Waals surface area contributed by atoms with E-state index in [1.54, 1.807) is 0 Å². The molecule has 0 aliphatic carbocycles. The van der Waals surface area contributed by atoms with Gasteiger partial charge in [-0.05, 0) is 46.7 Å². The molecule has 0 saturated heterocycles. The van der Waals surface area contributed by atoms with Gasteiger partial charge in [0.05, 0.1) is 0 Å². The van der Waals surface area contributed by atoms with Crippen LogP contribution >= 0.6 is 0 Å². The number of anilines is 2. The average Bonchev–Trinajstić information content (AvgIpc) is 2.63. The maximum atomic E-state index is 4.52. The number of fused-ring (bicyclic) bond motifs is 1. The van der Waals surface area contributed by atoms with Gasteiger partial charge in [-0.15, -0.1) is 0 Å². The first kappa shape index (κ1) is 13.5. The predicted octanol–water partition coefficient (Wildman–Crippen LogP) is 5.65. The lowest BCUT2D eigenvalue weighted by Crippen LogP contribution is -1.92. The van der Waals surface area contributed by atoms with Gasteiger partial charge in [0.2, 0.25) is 0 Å². The van der Waals surface area contributed by atoms with Crippen LogP contribution in [0.5, 0.6) is 0 Å². The molecule has 0 saturated carbocycles. The first-order valence-electron chi connectivity index (χ1n) is 7.66. The summed E-state index contributed by atoms with van der Waals surface area (Å²) >= 11 is 0. The Bertz CT molecular complexity index is 928. The van der Waals surface area contributed by atoms with Crippen molar-refractivity contribution in [2.24, 2.45) is 0 Å². The van der Waals surface area contributed by atoms with Gasteiger partial charge in [-0.3, -0.25) is 0 Å². The fourth-order valence-electron chi connectivity index (χ4n) is 2.68. The van der Waals surface area contributed by atoms with Crippen molar-refractivity contribution >= 4 is 22.3 Å². The summed E-state index contributed by atoms with van der Waals surface area (Å²) in [6.07, 6.45) is 1.91. The topological polar surface area (TPSA) is 24.9 Å². The molecule has 0 amide bonds. The Morgan fingerprint density at radius 3 is 2.13 bits per heavy atom. The van der Waals surface area contributed by atoms with Crippen LogP contribution < -0.4 is 5.32 Å². The highest BCUT2D eigenvalue weighted by Gasteiger charge is 2.01. The molecule has 0 aliphatic rings. The Morgan fingerprint density at radius 1 is 0.609 bits per heavy atom. The van der Waals surface area contributed by atoms with E-state index in [1.807, 2.05) is 42.6 Å². The van der Waals surface area contributed by atoms with Crippen LogP contribution in [0.2, 0.25) is 0 Å². The van der Waals surface area contributed by atoms with Crippen molar-refractivity contribution in [3.05, 3.63) is 91.1 Å². The molecule has 3 aromatic carbocycles. The maximum absolute atomic E-state index is 4.52. The van der Waals surface area contributed by atoms with Crippen LogP contribution in [0.1, 0.15) is 0 Å². The minimum Gasteiger partial charge on any atom is -0.340 e. The molecule has 0 fully saturated rings. The highest BCUT2D eigenvalue weighted by Crippen LogP contribution is 2.25. The monoisotopic (exact) mass is 296 g/mol. The van der Waals surface area contributed by atoms with E-state index >= 15 is 0 Å². The second-order valence-corrected chi connectivity index (χ2v) is 5.49. The summed E-state index contributed by atoms with van der Waals surface area (Å²) in [4.78, 5) is 4.52. The van der Waals surface area contributed by atoms with Crippen LogP contribution in [0.15, 0.2) is 91.1 Å². The first-order valence-corrected chi connectivity index (χ1v) is 7.66. The van der Waals surface area contributed by atoms with Crippen LogP contribution in [0.3, 0.4) is 0 Å². The second kappa shape index (κ2) is 5.93. The van der Waals surface area contributed by atoms with Gasteiger partial charge in [0.1, 0.15) is 5.82 Å². The normalized spacial score (nSPS) is 10.6. The van der Waals surface area contributed by atoms with Crippen LogP contribution in [0, 0.1) is 0 Å². The lowest BCUT2D eigenvalue weighted by Gasteiger charge is -2.07. The van der Waals surface area contributed by atoms with Gasteiger partial charge in [0, 0.05) is 17.4 Å². The van der Waals surface area contributed by atoms with E-state index < -0.39 is 0 Å². The van der Waals surface area contributed by atoms with Gasteiger partial charge in [-0.1, -0.05) is 54.6 Å². The Hall–Kier alpha value is -3.13. The molecule has 1 heterocycles. The third kappa shape index (κ3) is 2.92.